The third-order valence-electron chi connectivity index (χ3n) is 1.65. The Morgan fingerprint density at radius 1 is 1.38 bits per heavy atom. The number of nitro benzene ring substituents is 1. The molecule has 5 nitrogen and oxygen atoms in total. The zero-order valence-corrected chi connectivity index (χ0v) is 6.32. The maximum atomic E-state index is 12.9. The molecule has 0 amide bonds. The molecule has 1 aromatic rings. The van der Waals surface area contributed by atoms with Gasteiger partial charge in [-0.2, -0.15) is 0 Å². The Balaban J connectivity index is 2.62. The smallest absolute Gasteiger partial charge is 0.315 e. The van der Waals surface area contributed by atoms with Crippen molar-refractivity contribution in [2.24, 2.45) is 0 Å². The minimum Gasteiger partial charge on any atom is -0.450 e. The minimum absolute atomic E-state index is 0.134. The molecule has 0 saturated carbocycles. The summed E-state index contributed by atoms with van der Waals surface area (Å²) < 4.78 is 22.4. The zero-order chi connectivity index (χ0) is 9.42. The van der Waals surface area contributed by atoms with E-state index in [1.807, 2.05) is 0 Å². The maximum absolute atomic E-state index is 12.9. The Morgan fingerprint density at radius 2 is 2.08 bits per heavy atom. The molecule has 68 valence electrons. The monoisotopic (exact) mass is 185 g/mol. The van der Waals surface area contributed by atoms with E-state index in [9.17, 15) is 14.5 Å². The number of fused-ring (bicyclic) bond motifs is 1. The van der Waals surface area contributed by atoms with Crippen LogP contribution in [0.25, 0.3) is 0 Å². The average Bonchev–Trinajstić information content (AvgIpc) is 2.53. The van der Waals surface area contributed by atoms with E-state index in [4.69, 9.17) is 9.47 Å². The molecule has 0 fully saturated rings. The molecule has 1 aromatic carbocycles. The lowest BCUT2D eigenvalue weighted by Crippen LogP contribution is -1.94. The van der Waals surface area contributed by atoms with Gasteiger partial charge >= 0.3 is 5.69 Å². The van der Waals surface area contributed by atoms with Crippen molar-refractivity contribution < 1.29 is 18.8 Å². The van der Waals surface area contributed by atoms with Crippen LogP contribution in [0.3, 0.4) is 0 Å². The summed E-state index contributed by atoms with van der Waals surface area (Å²) in [5, 5.41) is 10.4. The van der Waals surface area contributed by atoms with Crippen molar-refractivity contribution in [3.8, 4) is 11.5 Å². The number of hydrogen-bond acceptors (Lipinski definition) is 4. The Bertz CT molecular complexity index is 379. The quantitative estimate of drug-likeness (QED) is 0.490. The second-order valence-electron chi connectivity index (χ2n) is 2.39. The second-order valence-corrected chi connectivity index (χ2v) is 2.39. The fourth-order valence-corrected chi connectivity index (χ4v) is 1.09. The van der Waals surface area contributed by atoms with Crippen molar-refractivity contribution in [2.75, 3.05) is 6.79 Å². The van der Waals surface area contributed by atoms with Crippen molar-refractivity contribution in [3.05, 3.63) is 28.1 Å². The molecule has 1 aliphatic rings. The van der Waals surface area contributed by atoms with E-state index in [-0.39, 0.29) is 24.0 Å². The van der Waals surface area contributed by atoms with Crippen molar-refractivity contribution in [1.82, 2.24) is 0 Å². The number of halogens is 1. The van der Waals surface area contributed by atoms with Crippen LogP contribution in [0.5, 0.6) is 11.5 Å². The highest BCUT2D eigenvalue weighted by Gasteiger charge is 2.28. The minimum atomic E-state index is -0.655. The van der Waals surface area contributed by atoms with Crippen molar-refractivity contribution >= 4 is 5.69 Å². The number of hydrogen-bond donors (Lipinski definition) is 0. The number of rotatable bonds is 1. The van der Waals surface area contributed by atoms with Crippen LogP contribution in [-0.4, -0.2) is 11.7 Å². The maximum Gasteiger partial charge on any atom is 0.315 e. The molecule has 0 aromatic heterocycles. The van der Waals surface area contributed by atoms with Gasteiger partial charge in [0.25, 0.3) is 0 Å². The van der Waals surface area contributed by atoms with E-state index in [0.717, 1.165) is 12.1 Å². The molecule has 1 aliphatic heterocycles. The summed E-state index contributed by atoms with van der Waals surface area (Å²) in [6.45, 7) is -0.183. The summed E-state index contributed by atoms with van der Waals surface area (Å²) in [6, 6.07) is 2.02. The first kappa shape index (κ1) is 7.78. The molecule has 6 heteroatoms. The largest absolute Gasteiger partial charge is 0.450 e. The van der Waals surface area contributed by atoms with Crippen LogP contribution in [0.2, 0.25) is 0 Å². The summed E-state index contributed by atoms with van der Waals surface area (Å²) in [6.07, 6.45) is 0. The third-order valence-corrected chi connectivity index (χ3v) is 1.65. The first-order valence-electron chi connectivity index (χ1n) is 3.42. The highest BCUT2D eigenvalue weighted by atomic mass is 19.1. The van der Waals surface area contributed by atoms with Crippen molar-refractivity contribution in [2.45, 2.75) is 0 Å². The number of ether oxygens (including phenoxy) is 2. The molecular formula is C7H4FNO4. The standard InChI is InChI=1S/C7H4FNO4/c8-4-1-2-5(9(10)11)7-6(4)12-3-13-7/h1-2H,3H2. The van der Waals surface area contributed by atoms with E-state index < -0.39 is 10.7 Å². The van der Waals surface area contributed by atoms with E-state index in [0.29, 0.717) is 0 Å². The van der Waals surface area contributed by atoms with Gasteiger partial charge in [-0.1, -0.05) is 0 Å². The molecule has 0 N–H and O–H groups in total. The van der Waals surface area contributed by atoms with Crippen LogP contribution in [0.1, 0.15) is 0 Å². The van der Waals surface area contributed by atoms with Gasteiger partial charge in [-0.3, -0.25) is 10.1 Å². The van der Waals surface area contributed by atoms with Gasteiger partial charge in [0.05, 0.1) is 4.92 Å². The summed E-state index contributed by atoms with van der Waals surface area (Å²) in [4.78, 5) is 9.77. The van der Waals surface area contributed by atoms with Crippen LogP contribution < -0.4 is 9.47 Å². The molecule has 0 aliphatic carbocycles. The predicted octanol–water partition coefficient (Wildman–Crippen LogP) is 1.46. The Hall–Kier alpha value is -1.85. The van der Waals surface area contributed by atoms with Crippen LogP contribution >= 0.6 is 0 Å². The van der Waals surface area contributed by atoms with E-state index in [1.165, 1.54) is 0 Å². The van der Waals surface area contributed by atoms with Gasteiger partial charge in [0, 0.05) is 6.07 Å². The molecule has 0 saturated heterocycles. The van der Waals surface area contributed by atoms with Gasteiger partial charge < -0.3 is 9.47 Å². The van der Waals surface area contributed by atoms with Gasteiger partial charge in [-0.05, 0) is 6.07 Å². The van der Waals surface area contributed by atoms with E-state index in [2.05, 4.69) is 0 Å². The van der Waals surface area contributed by atoms with Gasteiger partial charge in [-0.15, -0.1) is 0 Å². The average molecular weight is 185 g/mol. The van der Waals surface area contributed by atoms with Crippen LogP contribution in [0, 0.1) is 15.9 Å². The molecule has 0 bridgehead atoms. The fraction of sp³-hybridized carbons (Fsp3) is 0.143. The zero-order valence-electron chi connectivity index (χ0n) is 6.32. The molecule has 2 rings (SSSR count). The predicted molar refractivity (Wildman–Crippen MR) is 39.2 cm³/mol. The van der Waals surface area contributed by atoms with Crippen LogP contribution in [0.4, 0.5) is 10.1 Å². The van der Waals surface area contributed by atoms with Crippen LogP contribution in [0.15, 0.2) is 12.1 Å². The highest BCUT2D eigenvalue weighted by Crippen LogP contribution is 2.41. The van der Waals surface area contributed by atoms with Gasteiger partial charge in [-0.25, -0.2) is 4.39 Å². The molecule has 0 atom stereocenters. The number of benzene rings is 1. The lowest BCUT2D eigenvalue weighted by Gasteiger charge is -1.97. The third kappa shape index (κ3) is 1.07. The van der Waals surface area contributed by atoms with E-state index >= 15 is 0 Å². The second kappa shape index (κ2) is 2.58. The number of nitro groups is 1. The van der Waals surface area contributed by atoms with E-state index in [1.54, 1.807) is 0 Å². The first-order valence-corrected chi connectivity index (χ1v) is 3.42. The molecule has 0 radical (unpaired) electrons. The summed E-state index contributed by atoms with van der Waals surface area (Å²) in [5.41, 5.74) is -0.283. The van der Waals surface area contributed by atoms with Crippen LogP contribution in [-0.2, 0) is 0 Å². The first-order chi connectivity index (χ1) is 6.20. The number of nitrogens with zero attached hydrogens (tertiary/aromatic N) is 1. The Kier molecular flexibility index (Phi) is 1.54. The van der Waals surface area contributed by atoms with Gasteiger partial charge in [0.1, 0.15) is 0 Å². The SMILES string of the molecule is O=[N+]([O-])c1ccc(F)c2c1OCO2. The van der Waals surface area contributed by atoms with Crippen molar-refractivity contribution in [1.29, 1.82) is 0 Å². The Labute approximate surface area is 71.8 Å². The fourth-order valence-electron chi connectivity index (χ4n) is 1.09. The van der Waals surface area contributed by atoms with Gasteiger partial charge in [0.2, 0.25) is 18.3 Å². The van der Waals surface area contributed by atoms with Gasteiger partial charge in [0.15, 0.2) is 5.82 Å². The summed E-state index contributed by atoms with van der Waals surface area (Å²) in [7, 11) is 0. The molecule has 1 heterocycles. The molecule has 0 spiro atoms. The molecular weight excluding hydrogens is 181 g/mol. The topological polar surface area (TPSA) is 61.6 Å². The highest BCUT2D eigenvalue weighted by molar-refractivity contribution is 5.57. The molecule has 0 unspecified atom stereocenters. The summed E-state index contributed by atoms with van der Waals surface area (Å²) in [5.74, 6) is -0.975. The lowest BCUT2D eigenvalue weighted by atomic mass is 10.2. The van der Waals surface area contributed by atoms with Crippen molar-refractivity contribution in [3.63, 3.8) is 0 Å². The lowest BCUT2D eigenvalue weighted by molar-refractivity contribution is -0.385. The normalized spacial score (nSPS) is 13.0. The summed E-state index contributed by atoms with van der Waals surface area (Å²) >= 11 is 0. The molecule has 13 heavy (non-hydrogen) atoms. The Morgan fingerprint density at radius 3 is 2.77 bits per heavy atom.